The number of rotatable bonds is 1. The van der Waals surface area contributed by atoms with Crippen LogP contribution < -0.4 is 5.73 Å². The first-order chi connectivity index (χ1) is 7.66. The highest BCUT2D eigenvalue weighted by molar-refractivity contribution is 5.94. The minimum absolute atomic E-state index is 0. The molecule has 0 spiro atoms. The van der Waals surface area contributed by atoms with Crippen molar-refractivity contribution in [1.82, 2.24) is 4.90 Å². The Bertz CT molecular complexity index is 383. The van der Waals surface area contributed by atoms with E-state index >= 15 is 0 Å². The largest absolute Gasteiger partial charge is 0.337 e. The Kier molecular flexibility index (Phi) is 4.90. The molecule has 1 aromatic rings. The van der Waals surface area contributed by atoms with E-state index in [9.17, 15) is 9.18 Å². The van der Waals surface area contributed by atoms with Gasteiger partial charge in [0.25, 0.3) is 5.91 Å². The predicted molar refractivity (Wildman–Crippen MR) is 66.8 cm³/mol. The molecule has 0 saturated carbocycles. The number of piperidine rings is 1. The Labute approximate surface area is 106 Å². The van der Waals surface area contributed by atoms with Gasteiger partial charge in [0.05, 0.1) is 0 Å². The van der Waals surface area contributed by atoms with Gasteiger partial charge >= 0.3 is 0 Å². The number of hydrogen-bond acceptors (Lipinski definition) is 2. The van der Waals surface area contributed by atoms with Crippen molar-refractivity contribution >= 4 is 18.3 Å². The van der Waals surface area contributed by atoms with Gasteiger partial charge in [-0.05, 0) is 37.1 Å². The summed E-state index contributed by atoms with van der Waals surface area (Å²) < 4.78 is 12.7. The standard InChI is InChI=1S/C12H15FN2O.ClH/c13-10-5-3-9(4-6-10)12(16)15-7-1-2-11(14)8-15;/h3-6,11H,1-2,7-8,14H2;1H/t11-;/m1./s1. The van der Waals surface area contributed by atoms with Crippen LogP contribution in [0, 0.1) is 5.82 Å². The van der Waals surface area contributed by atoms with Gasteiger partial charge in [-0.2, -0.15) is 0 Å². The number of benzene rings is 1. The Morgan fingerprint density at radius 2 is 2.00 bits per heavy atom. The van der Waals surface area contributed by atoms with E-state index in [0.29, 0.717) is 12.1 Å². The zero-order valence-electron chi connectivity index (χ0n) is 9.43. The fourth-order valence-electron chi connectivity index (χ4n) is 1.97. The maximum atomic E-state index is 12.7. The van der Waals surface area contributed by atoms with Gasteiger partial charge in [0.1, 0.15) is 5.82 Å². The summed E-state index contributed by atoms with van der Waals surface area (Å²) in [5, 5.41) is 0. The lowest BCUT2D eigenvalue weighted by molar-refractivity contribution is 0.0709. The molecule has 17 heavy (non-hydrogen) atoms. The molecular weight excluding hydrogens is 243 g/mol. The highest BCUT2D eigenvalue weighted by Gasteiger charge is 2.21. The van der Waals surface area contributed by atoms with Gasteiger partial charge in [0.15, 0.2) is 0 Å². The van der Waals surface area contributed by atoms with Gasteiger partial charge < -0.3 is 10.6 Å². The number of nitrogens with two attached hydrogens (primary N) is 1. The first-order valence-electron chi connectivity index (χ1n) is 5.47. The van der Waals surface area contributed by atoms with Crippen LogP contribution in [0.2, 0.25) is 0 Å². The molecule has 0 bridgehead atoms. The first-order valence-corrected chi connectivity index (χ1v) is 5.47. The number of hydrogen-bond donors (Lipinski definition) is 1. The average Bonchev–Trinajstić information content (AvgIpc) is 2.29. The molecule has 0 unspecified atom stereocenters. The second kappa shape index (κ2) is 5.98. The Balaban J connectivity index is 0.00000144. The summed E-state index contributed by atoms with van der Waals surface area (Å²) in [7, 11) is 0. The minimum atomic E-state index is -0.327. The Hall–Kier alpha value is -1.13. The molecule has 0 aromatic heterocycles. The second-order valence-corrected chi connectivity index (χ2v) is 4.16. The molecule has 0 aliphatic carbocycles. The lowest BCUT2D eigenvalue weighted by atomic mass is 10.1. The minimum Gasteiger partial charge on any atom is -0.337 e. The van der Waals surface area contributed by atoms with Gasteiger partial charge in [-0.1, -0.05) is 0 Å². The fourth-order valence-corrected chi connectivity index (χ4v) is 1.97. The van der Waals surface area contributed by atoms with Crippen molar-refractivity contribution in [2.75, 3.05) is 13.1 Å². The van der Waals surface area contributed by atoms with Gasteiger partial charge in [-0.15, -0.1) is 12.4 Å². The molecule has 94 valence electrons. The topological polar surface area (TPSA) is 46.3 Å². The summed E-state index contributed by atoms with van der Waals surface area (Å²) in [4.78, 5) is 13.7. The molecule has 2 rings (SSSR count). The van der Waals surface area contributed by atoms with Crippen LogP contribution >= 0.6 is 12.4 Å². The van der Waals surface area contributed by atoms with Crippen LogP contribution in [0.15, 0.2) is 24.3 Å². The fraction of sp³-hybridized carbons (Fsp3) is 0.417. The van der Waals surface area contributed by atoms with Crippen molar-refractivity contribution in [3.63, 3.8) is 0 Å². The van der Waals surface area contributed by atoms with Crippen molar-refractivity contribution in [2.24, 2.45) is 5.73 Å². The summed E-state index contributed by atoms with van der Waals surface area (Å²) in [6.07, 6.45) is 1.90. The van der Waals surface area contributed by atoms with Gasteiger partial charge in [-0.3, -0.25) is 4.79 Å². The van der Waals surface area contributed by atoms with E-state index in [4.69, 9.17) is 5.73 Å². The summed E-state index contributed by atoms with van der Waals surface area (Å²) in [5.74, 6) is -0.387. The number of nitrogens with zero attached hydrogens (tertiary/aromatic N) is 1. The zero-order valence-corrected chi connectivity index (χ0v) is 10.3. The highest BCUT2D eigenvalue weighted by Crippen LogP contribution is 2.13. The molecule has 1 saturated heterocycles. The maximum absolute atomic E-state index is 12.7. The maximum Gasteiger partial charge on any atom is 0.253 e. The monoisotopic (exact) mass is 258 g/mol. The van der Waals surface area contributed by atoms with Gasteiger partial charge in [0, 0.05) is 24.7 Å². The molecule has 3 nitrogen and oxygen atoms in total. The molecular formula is C12H16ClFN2O. The lowest BCUT2D eigenvalue weighted by Crippen LogP contribution is -2.45. The van der Waals surface area contributed by atoms with Gasteiger partial charge in [-0.25, -0.2) is 4.39 Å². The van der Waals surface area contributed by atoms with E-state index in [0.717, 1.165) is 19.4 Å². The number of carbonyl (C=O) groups excluding carboxylic acids is 1. The summed E-state index contributed by atoms with van der Waals surface area (Å²) in [6.45, 7) is 1.33. The molecule has 1 atom stereocenters. The summed E-state index contributed by atoms with van der Waals surface area (Å²) in [5.41, 5.74) is 6.33. The molecule has 0 radical (unpaired) electrons. The Morgan fingerprint density at radius 3 is 2.59 bits per heavy atom. The Morgan fingerprint density at radius 1 is 1.35 bits per heavy atom. The quantitative estimate of drug-likeness (QED) is 0.835. The van der Waals surface area contributed by atoms with Crippen LogP contribution in [0.1, 0.15) is 23.2 Å². The first kappa shape index (κ1) is 13.9. The van der Waals surface area contributed by atoms with Crippen LogP contribution in [0.4, 0.5) is 4.39 Å². The third-order valence-electron chi connectivity index (χ3n) is 2.84. The molecule has 1 aromatic carbocycles. The second-order valence-electron chi connectivity index (χ2n) is 4.16. The van der Waals surface area contributed by atoms with Gasteiger partial charge in [0.2, 0.25) is 0 Å². The number of likely N-dealkylation sites (tertiary alicyclic amines) is 1. The van der Waals surface area contributed by atoms with E-state index in [1.54, 1.807) is 4.90 Å². The molecule has 1 aliphatic rings. The highest BCUT2D eigenvalue weighted by atomic mass is 35.5. The molecule has 1 amide bonds. The van der Waals surface area contributed by atoms with Crippen molar-refractivity contribution in [3.8, 4) is 0 Å². The van der Waals surface area contributed by atoms with Crippen molar-refractivity contribution in [2.45, 2.75) is 18.9 Å². The number of amides is 1. The number of halogens is 2. The van der Waals surface area contributed by atoms with Crippen molar-refractivity contribution < 1.29 is 9.18 Å². The smallest absolute Gasteiger partial charge is 0.253 e. The zero-order chi connectivity index (χ0) is 11.5. The van der Waals surface area contributed by atoms with E-state index < -0.39 is 0 Å². The number of carbonyl (C=O) groups is 1. The predicted octanol–water partition coefficient (Wildman–Crippen LogP) is 1.81. The lowest BCUT2D eigenvalue weighted by Gasteiger charge is -2.30. The van der Waals surface area contributed by atoms with E-state index in [-0.39, 0.29) is 30.2 Å². The van der Waals surface area contributed by atoms with Crippen LogP contribution in [-0.2, 0) is 0 Å². The average molecular weight is 259 g/mol. The third-order valence-corrected chi connectivity index (χ3v) is 2.84. The molecule has 2 N–H and O–H groups in total. The van der Waals surface area contributed by atoms with E-state index in [2.05, 4.69) is 0 Å². The van der Waals surface area contributed by atoms with Crippen LogP contribution in [-0.4, -0.2) is 29.9 Å². The normalized spacial score (nSPS) is 19.6. The summed E-state index contributed by atoms with van der Waals surface area (Å²) >= 11 is 0. The van der Waals surface area contributed by atoms with E-state index in [1.165, 1.54) is 24.3 Å². The van der Waals surface area contributed by atoms with Crippen LogP contribution in [0.3, 0.4) is 0 Å². The molecule has 1 fully saturated rings. The molecule has 5 heteroatoms. The van der Waals surface area contributed by atoms with Crippen LogP contribution in [0.5, 0.6) is 0 Å². The molecule has 1 heterocycles. The SMILES string of the molecule is Cl.N[C@@H]1CCCN(C(=O)c2ccc(F)cc2)C1. The third kappa shape index (κ3) is 3.41. The summed E-state index contributed by atoms with van der Waals surface area (Å²) in [6, 6.07) is 5.70. The van der Waals surface area contributed by atoms with Crippen LogP contribution in [0.25, 0.3) is 0 Å². The van der Waals surface area contributed by atoms with E-state index in [1.807, 2.05) is 0 Å². The van der Waals surface area contributed by atoms with Crippen molar-refractivity contribution in [1.29, 1.82) is 0 Å². The van der Waals surface area contributed by atoms with Crippen molar-refractivity contribution in [3.05, 3.63) is 35.6 Å². The molecule has 1 aliphatic heterocycles.